The Labute approximate surface area is 108 Å². The number of ether oxygens (including phenoxy) is 1. The Balaban J connectivity index is 2.88. The number of hydrogen-bond acceptors (Lipinski definition) is 5. The summed E-state index contributed by atoms with van der Waals surface area (Å²) in [6, 6.07) is 0. The van der Waals surface area contributed by atoms with Crippen LogP contribution in [-0.2, 0) is 14.3 Å². The zero-order valence-corrected chi connectivity index (χ0v) is 11.4. The molecule has 1 rings (SSSR count). The minimum absolute atomic E-state index is 0.275. The molecule has 0 fully saturated rings. The van der Waals surface area contributed by atoms with Crippen LogP contribution in [0.1, 0.15) is 32.4 Å². The maximum atomic E-state index is 11.7. The van der Waals surface area contributed by atoms with Gasteiger partial charge in [0.1, 0.15) is 16.5 Å². The first-order chi connectivity index (χ1) is 7.83. The molecule has 0 amide bonds. The molecule has 0 spiro atoms. The van der Waals surface area contributed by atoms with Gasteiger partial charge >= 0.3 is 5.97 Å². The van der Waals surface area contributed by atoms with Crippen LogP contribution in [0.2, 0.25) is 0 Å². The molecule has 1 aromatic heterocycles. The fraction of sp³-hybridized carbons (Fsp3) is 0.455. The first-order valence-corrected chi connectivity index (χ1v) is 5.78. The summed E-state index contributed by atoms with van der Waals surface area (Å²) < 4.78 is 5.66. The average molecular weight is 301 g/mol. The predicted octanol–water partition coefficient (Wildman–Crippen LogP) is 1.86. The van der Waals surface area contributed by atoms with Crippen LogP contribution in [0.5, 0.6) is 0 Å². The van der Waals surface area contributed by atoms with Crippen LogP contribution in [0, 0.1) is 0 Å². The van der Waals surface area contributed by atoms with Crippen molar-refractivity contribution in [1.82, 2.24) is 9.97 Å². The van der Waals surface area contributed by atoms with Crippen molar-refractivity contribution in [3.8, 4) is 0 Å². The second kappa shape index (κ2) is 5.35. The van der Waals surface area contributed by atoms with Gasteiger partial charge in [0.15, 0.2) is 5.92 Å². The van der Waals surface area contributed by atoms with E-state index in [-0.39, 0.29) is 5.69 Å². The molecule has 0 radical (unpaired) electrons. The van der Waals surface area contributed by atoms with Gasteiger partial charge in [-0.1, -0.05) is 0 Å². The highest BCUT2D eigenvalue weighted by Crippen LogP contribution is 2.17. The summed E-state index contributed by atoms with van der Waals surface area (Å²) in [4.78, 5) is 30.6. The lowest BCUT2D eigenvalue weighted by Gasteiger charge is -2.21. The molecule has 1 heterocycles. The summed E-state index contributed by atoms with van der Waals surface area (Å²) in [5.41, 5.74) is -0.362. The van der Waals surface area contributed by atoms with E-state index >= 15 is 0 Å². The third kappa shape index (κ3) is 4.22. The molecule has 0 bridgehead atoms. The normalized spacial score (nSPS) is 12.9. The van der Waals surface area contributed by atoms with Crippen molar-refractivity contribution in [3.05, 3.63) is 22.7 Å². The Kier molecular flexibility index (Phi) is 4.34. The number of aromatic nitrogens is 2. The molecule has 1 unspecified atom stereocenters. The van der Waals surface area contributed by atoms with Gasteiger partial charge in [-0.05, 0) is 36.7 Å². The highest BCUT2D eigenvalue weighted by Gasteiger charge is 2.27. The van der Waals surface area contributed by atoms with Crippen LogP contribution >= 0.6 is 15.9 Å². The number of hydrogen-bond donors (Lipinski definition) is 0. The van der Waals surface area contributed by atoms with Crippen molar-refractivity contribution in [2.45, 2.75) is 32.3 Å². The summed E-state index contributed by atoms with van der Waals surface area (Å²) in [6.07, 6.45) is 3.30. The Morgan fingerprint density at radius 3 is 2.47 bits per heavy atom. The van der Waals surface area contributed by atoms with Crippen LogP contribution in [0.25, 0.3) is 0 Å². The number of carbonyl (C=O) groups excluding carboxylic acids is 2. The second-order valence-electron chi connectivity index (χ2n) is 4.41. The van der Waals surface area contributed by atoms with E-state index in [0.717, 1.165) is 0 Å². The SMILES string of the molecule is CC(C)(C)OC(=O)C(C=O)c1cnc(Br)cn1. The second-order valence-corrected chi connectivity index (χ2v) is 5.22. The smallest absolute Gasteiger partial charge is 0.322 e. The lowest BCUT2D eigenvalue weighted by atomic mass is 10.1. The Bertz CT molecular complexity index is 412. The maximum Gasteiger partial charge on any atom is 0.322 e. The number of rotatable bonds is 3. The minimum atomic E-state index is -1.03. The minimum Gasteiger partial charge on any atom is -0.459 e. The van der Waals surface area contributed by atoms with E-state index in [9.17, 15) is 9.59 Å². The first kappa shape index (κ1) is 13.8. The molecule has 5 nitrogen and oxygen atoms in total. The largest absolute Gasteiger partial charge is 0.459 e. The lowest BCUT2D eigenvalue weighted by Crippen LogP contribution is -2.28. The van der Waals surface area contributed by atoms with Crippen molar-refractivity contribution < 1.29 is 14.3 Å². The van der Waals surface area contributed by atoms with Gasteiger partial charge in [0, 0.05) is 0 Å². The highest BCUT2D eigenvalue weighted by atomic mass is 79.9. The number of nitrogens with zero attached hydrogens (tertiary/aromatic N) is 2. The summed E-state index contributed by atoms with van der Waals surface area (Å²) in [5, 5.41) is 0. The lowest BCUT2D eigenvalue weighted by molar-refractivity contribution is -0.157. The predicted molar refractivity (Wildman–Crippen MR) is 64.4 cm³/mol. The molecule has 0 aliphatic heterocycles. The molecule has 0 N–H and O–H groups in total. The topological polar surface area (TPSA) is 69.2 Å². The van der Waals surface area contributed by atoms with E-state index < -0.39 is 17.5 Å². The van der Waals surface area contributed by atoms with E-state index in [4.69, 9.17) is 4.74 Å². The van der Waals surface area contributed by atoms with E-state index in [1.54, 1.807) is 20.8 Å². The highest BCUT2D eigenvalue weighted by molar-refractivity contribution is 9.10. The van der Waals surface area contributed by atoms with E-state index in [0.29, 0.717) is 10.9 Å². The van der Waals surface area contributed by atoms with Crippen molar-refractivity contribution >= 4 is 28.2 Å². The van der Waals surface area contributed by atoms with E-state index in [1.165, 1.54) is 12.4 Å². The van der Waals surface area contributed by atoms with Gasteiger partial charge in [-0.3, -0.25) is 9.78 Å². The Hall–Kier alpha value is -1.30. The fourth-order valence-corrected chi connectivity index (χ4v) is 1.30. The third-order valence-electron chi connectivity index (χ3n) is 1.76. The summed E-state index contributed by atoms with van der Waals surface area (Å²) >= 11 is 3.12. The molecule has 0 aliphatic rings. The van der Waals surface area contributed by atoms with Gasteiger partial charge in [-0.2, -0.15) is 0 Å². The molecule has 1 aromatic rings. The number of esters is 1. The van der Waals surface area contributed by atoms with Crippen LogP contribution in [0.15, 0.2) is 17.0 Å². The van der Waals surface area contributed by atoms with Crippen LogP contribution in [0.4, 0.5) is 0 Å². The summed E-state index contributed by atoms with van der Waals surface area (Å²) in [6.45, 7) is 5.21. The summed E-state index contributed by atoms with van der Waals surface area (Å²) in [5.74, 6) is -1.65. The zero-order chi connectivity index (χ0) is 13.1. The van der Waals surface area contributed by atoms with Crippen LogP contribution < -0.4 is 0 Å². The molecule has 0 saturated carbocycles. The molecule has 6 heteroatoms. The van der Waals surface area contributed by atoms with Gasteiger partial charge in [0.05, 0.1) is 18.1 Å². The Morgan fingerprint density at radius 2 is 2.06 bits per heavy atom. The van der Waals surface area contributed by atoms with E-state index in [1.807, 2.05) is 0 Å². The average Bonchev–Trinajstić information content (AvgIpc) is 2.19. The van der Waals surface area contributed by atoms with Gasteiger partial charge in [0.25, 0.3) is 0 Å². The fourth-order valence-electron chi connectivity index (χ4n) is 1.09. The Morgan fingerprint density at radius 1 is 1.41 bits per heavy atom. The van der Waals surface area contributed by atoms with E-state index in [2.05, 4.69) is 25.9 Å². The van der Waals surface area contributed by atoms with Crippen molar-refractivity contribution in [2.24, 2.45) is 0 Å². The number of halogens is 1. The number of carbonyl (C=O) groups is 2. The summed E-state index contributed by atoms with van der Waals surface area (Å²) in [7, 11) is 0. The molecule has 0 aromatic carbocycles. The van der Waals surface area contributed by atoms with Gasteiger partial charge in [-0.25, -0.2) is 4.98 Å². The number of aldehydes is 1. The third-order valence-corrected chi connectivity index (χ3v) is 2.17. The molecule has 17 heavy (non-hydrogen) atoms. The molecular weight excluding hydrogens is 288 g/mol. The standard InChI is InChI=1S/C11H13BrN2O3/c1-11(2,3)17-10(16)7(6-15)8-4-14-9(12)5-13-8/h4-7H,1-3H3. The molecule has 1 atom stereocenters. The van der Waals surface area contributed by atoms with Crippen molar-refractivity contribution in [1.29, 1.82) is 0 Å². The van der Waals surface area contributed by atoms with Crippen LogP contribution in [0.3, 0.4) is 0 Å². The maximum absolute atomic E-state index is 11.7. The first-order valence-electron chi connectivity index (χ1n) is 4.99. The monoisotopic (exact) mass is 300 g/mol. The van der Waals surface area contributed by atoms with Gasteiger partial charge < -0.3 is 9.53 Å². The quantitative estimate of drug-likeness (QED) is 0.484. The van der Waals surface area contributed by atoms with Crippen molar-refractivity contribution in [2.75, 3.05) is 0 Å². The van der Waals surface area contributed by atoms with Gasteiger partial charge in [0.2, 0.25) is 0 Å². The van der Waals surface area contributed by atoms with Gasteiger partial charge in [-0.15, -0.1) is 0 Å². The molecule has 0 aliphatic carbocycles. The molecule has 92 valence electrons. The molecular formula is C11H13BrN2O3. The van der Waals surface area contributed by atoms with Crippen molar-refractivity contribution in [3.63, 3.8) is 0 Å². The van der Waals surface area contributed by atoms with Crippen LogP contribution in [-0.4, -0.2) is 27.8 Å². The molecule has 0 saturated heterocycles. The zero-order valence-electron chi connectivity index (χ0n) is 9.81.